The van der Waals surface area contributed by atoms with E-state index in [9.17, 15) is 19.7 Å². The smallest absolute Gasteiger partial charge is 0.294 e. The van der Waals surface area contributed by atoms with Crippen LogP contribution in [0.25, 0.3) is 0 Å². The van der Waals surface area contributed by atoms with Crippen LogP contribution >= 0.6 is 11.6 Å². The molecule has 0 atom stereocenters. The van der Waals surface area contributed by atoms with E-state index in [1.54, 1.807) is 34.1 Å². The van der Waals surface area contributed by atoms with Gasteiger partial charge in [0, 0.05) is 61.5 Å². The van der Waals surface area contributed by atoms with Gasteiger partial charge in [0.1, 0.15) is 5.69 Å². The van der Waals surface area contributed by atoms with Gasteiger partial charge in [-0.15, -0.1) is 0 Å². The van der Waals surface area contributed by atoms with E-state index in [1.165, 1.54) is 6.07 Å². The number of amides is 2. The van der Waals surface area contributed by atoms with Crippen molar-refractivity contribution in [3.8, 4) is 0 Å². The van der Waals surface area contributed by atoms with Crippen molar-refractivity contribution in [2.75, 3.05) is 42.5 Å². The zero-order valence-corrected chi connectivity index (χ0v) is 17.0. The average molecular weight is 429 g/mol. The number of nitrogens with zero attached hydrogens (tertiary/aromatic N) is 4. The Morgan fingerprint density at radius 2 is 1.70 bits per heavy atom. The fourth-order valence-corrected chi connectivity index (χ4v) is 4.11. The van der Waals surface area contributed by atoms with E-state index in [0.29, 0.717) is 55.4 Å². The minimum absolute atomic E-state index is 0.0330. The lowest BCUT2D eigenvalue weighted by atomic mass is 10.1. The van der Waals surface area contributed by atoms with E-state index < -0.39 is 4.92 Å². The Morgan fingerprint density at radius 1 is 1.00 bits per heavy atom. The van der Waals surface area contributed by atoms with Crippen molar-refractivity contribution in [1.29, 1.82) is 0 Å². The van der Waals surface area contributed by atoms with Gasteiger partial charge in [-0.05, 0) is 42.8 Å². The highest BCUT2D eigenvalue weighted by Gasteiger charge is 2.27. The first-order valence-electron chi connectivity index (χ1n) is 9.82. The summed E-state index contributed by atoms with van der Waals surface area (Å²) in [5.74, 6) is 0.0287. The third kappa shape index (κ3) is 3.95. The molecule has 30 heavy (non-hydrogen) atoms. The molecule has 2 aromatic rings. The van der Waals surface area contributed by atoms with Gasteiger partial charge in [-0.1, -0.05) is 11.6 Å². The highest BCUT2D eigenvalue weighted by molar-refractivity contribution is 6.30. The summed E-state index contributed by atoms with van der Waals surface area (Å²) < 4.78 is 0. The molecule has 2 aromatic carbocycles. The number of piperazine rings is 1. The summed E-state index contributed by atoms with van der Waals surface area (Å²) in [6, 6.07) is 11.7. The predicted octanol–water partition coefficient (Wildman–Crippen LogP) is 3.34. The van der Waals surface area contributed by atoms with Gasteiger partial charge in [-0.3, -0.25) is 19.7 Å². The van der Waals surface area contributed by atoms with Crippen LogP contribution in [0.3, 0.4) is 0 Å². The van der Waals surface area contributed by atoms with E-state index >= 15 is 0 Å². The Labute approximate surface area is 178 Å². The molecule has 0 saturated carbocycles. The van der Waals surface area contributed by atoms with Gasteiger partial charge in [0.15, 0.2) is 0 Å². The van der Waals surface area contributed by atoms with Crippen LogP contribution in [0.1, 0.15) is 23.2 Å². The number of hydrogen-bond acceptors (Lipinski definition) is 5. The Kier molecular flexibility index (Phi) is 5.59. The second-order valence-electron chi connectivity index (χ2n) is 7.37. The normalized spacial score (nSPS) is 16.8. The van der Waals surface area contributed by atoms with Gasteiger partial charge in [0.2, 0.25) is 5.91 Å². The van der Waals surface area contributed by atoms with Crippen molar-refractivity contribution in [3.05, 3.63) is 63.2 Å². The van der Waals surface area contributed by atoms with Crippen LogP contribution in [-0.4, -0.2) is 54.4 Å². The van der Waals surface area contributed by atoms with Crippen LogP contribution in [0.4, 0.5) is 17.1 Å². The Bertz CT molecular complexity index is 987. The third-order valence-corrected chi connectivity index (χ3v) is 5.78. The van der Waals surface area contributed by atoms with E-state index in [4.69, 9.17) is 11.6 Å². The standard InChI is InChI=1S/C21H21ClN4O4/c22-16-5-8-18(19(14-16)26(29)30)23-10-12-24(13-11-23)21(28)15-3-6-17(7-4-15)25-9-1-2-20(25)27/h3-8,14H,1-2,9-13H2. The molecule has 0 N–H and O–H groups in total. The number of carbonyl (C=O) groups excluding carboxylic acids is 2. The maximum Gasteiger partial charge on any atom is 0.294 e. The van der Waals surface area contributed by atoms with Crippen molar-refractivity contribution in [3.63, 3.8) is 0 Å². The van der Waals surface area contributed by atoms with E-state index in [0.717, 1.165) is 12.1 Å². The maximum absolute atomic E-state index is 12.9. The number of rotatable bonds is 4. The van der Waals surface area contributed by atoms with Crippen LogP contribution < -0.4 is 9.80 Å². The molecule has 8 nitrogen and oxygen atoms in total. The second kappa shape index (κ2) is 8.31. The third-order valence-electron chi connectivity index (χ3n) is 5.54. The van der Waals surface area contributed by atoms with Crippen LogP contribution in [0.2, 0.25) is 5.02 Å². The van der Waals surface area contributed by atoms with Gasteiger partial charge in [-0.25, -0.2) is 0 Å². The Morgan fingerprint density at radius 3 is 2.30 bits per heavy atom. The number of nitro groups is 1. The number of nitro benzene ring substituents is 1. The summed E-state index contributed by atoms with van der Waals surface area (Å²) in [7, 11) is 0. The summed E-state index contributed by atoms with van der Waals surface area (Å²) in [6.45, 7) is 2.63. The zero-order valence-electron chi connectivity index (χ0n) is 16.3. The lowest BCUT2D eigenvalue weighted by Crippen LogP contribution is -2.49. The van der Waals surface area contributed by atoms with Crippen molar-refractivity contribution < 1.29 is 14.5 Å². The topological polar surface area (TPSA) is 87.0 Å². The van der Waals surface area contributed by atoms with Gasteiger partial charge in [0.05, 0.1) is 4.92 Å². The van der Waals surface area contributed by atoms with Crippen molar-refractivity contribution in [2.24, 2.45) is 0 Å². The van der Waals surface area contributed by atoms with E-state index in [1.807, 2.05) is 17.0 Å². The minimum Gasteiger partial charge on any atom is -0.362 e. The number of anilines is 2. The SMILES string of the molecule is O=C(c1ccc(N2CCCC2=O)cc1)N1CCN(c2ccc(Cl)cc2[N+](=O)[O-])CC1. The number of hydrogen-bond donors (Lipinski definition) is 0. The van der Waals surface area contributed by atoms with E-state index in [2.05, 4.69) is 0 Å². The largest absolute Gasteiger partial charge is 0.362 e. The fourth-order valence-electron chi connectivity index (χ4n) is 3.95. The molecule has 0 aromatic heterocycles. The molecule has 0 bridgehead atoms. The predicted molar refractivity (Wildman–Crippen MR) is 114 cm³/mol. The molecule has 0 radical (unpaired) electrons. The number of benzene rings is 2. The molecular formula is C21H21ClN4O4. The molecule has 9 heteroatoms. The minimum atomic E-state index is -0.439. The van der Waals surface area contributed by atoms with Crippen LogP contribution in [0.5, 0.6) is 0 Å². The van der Waals surface area contributed by atoms with E-state index in [-0.39, 0.29) is 17.5 Å². The van der Waals surface area contributed by atoms with Crippen molar-refractivity contribution >= 4 is 40.5 Å². The molecule has 0 aliphatic carbocycles. The second-order valence-corrected chi connectivity index (χ2v) is 7.80. The zero-order chi connectivity index (χ0) is 21.3. The summed E-state index contributed by atoms with van der Waals surface area (Å²) in [4.78, 5) is 41.0. The fraction of sp³-hybridized carbons (Fsp3) is 0.333. The molecule has 2 heterocycles. The summed E-state index contributed by atoms with van der Waals surface area (Å²) in [5, 5.41) is 11.7. The molecule has 0 spiro atoms. The first kappa shape index (κ1) is 20.2. The van der Waals surface area contributed by atoms with Crippen molar-refractivity contribution in [2.45, 2.75) is 12.8 Å². The highest BCUT2D eigenvalue weighted by Crippen LogP contribution is 2.32. The lowest BCUT2D eigenvalue weighted by molar-refractivity contribution is -0.384. The Balaban J connectivity index is 1.41. The van der Waals surface area contributed by atoms with Gasteiger partial charge in [0.25, 0.3) is 11.6 Å². The summed E-state index contributed by atoms with van der Waals surface area (Å²) in [6.07, 6.45) is 1.42. The van der Waals surface area contributed by atoms with Gasteiger partial charge in [-0.2, -0.15) is 0 Å². The molecule has 2 saturated heterocycles. The molecule has 2 aliphatic heterocycles. The highest BCUT2D eigenvalue weighted by atomic mass is 35.5. The summed E-state index contributed by atoms with van der Waals surface area (Å²) >= 11 is 5.90. The molecule has 2 fully saturated rings. The monoisotopic (exact) mass is 428 g/mol. The Hall–Kier alpha value is -3.13. The molecule has 4 rings (SSSR count). The molecule has 156 valence electrons. The number of halogens is 1. The lowest BCUT2D eigenvalue weighted by Gasteiger charge is -2.36. The van der Waals surface area contributed by atoms with Crippen LogP contribution in [0, 0.1) is 10.1 Å². The van der Waals surface area contributed by atoms with Crippen LogP contribution in [0.15, 0.2) is 42.5 Å². The quantitative estimate of drug-likeness (QED) is 0.550. The van der Waals surface area contributed by atoms with Gasteiger partial charge < -0.3 is 14.7 Å². The summed E-state index contributed by atoms with van der Waals surface area (Å²) in [5.41, 5.74) is 1.86. The molecule has 2 amide bonds. The number of carbonyl (C=O) groups is 2. The van der Waals surface area contributed by atoms with Crippen molar-refractivity contribution in [1.82, 2.24) is 4.90 Å². The average Bonchev–Trinajstić information content (AvgIpc) is 3.19. The molecule has 0 unspecified atom stereocenters. The first-order chi connectivity index (χ1) is 14.4. The molecular weight excluding hydrogens is 408 g/mol. The maximum atomic E-state index is 12.9. The molecule has 2 aliphatic rings. The van der Waals surface area contributed by atoms with Crippen LogP contribution in [-0.2, 0) is 4.79 Å². The first-order valence-corrected chi connectivity index (χ1v) is 10.2. The van der Waals surface area contributed by atoms with Gasteiger partial charge >= 0.3 is 0 Å².